The fraction of sp³-hybridized carbons (Fsp3) is 0.818. The highest BCUT2D eigenvalue weighted by Gasteiger charge is 2.53. The zero-order chi connectivity index (χ0) is 21.5. The van der Waals surface area contributed by atoms with E-state index in [4.69, 9.17) is 17.7 Å². The van der Waals surface area contributed by atoms with Crippen LogP contribution in [0.4, 0.5) is 0 Å². The predicted octanol–water partition coefficient (Wildman–Crippen LogP) is 6.59. The quantitative estimate of drug-likeness (QED) is 0.244. The van der Waals surface area contributed by atoms with E-state index in [2.05, 4.69) is 78.9 Å². The summed E-state index contributed by atoms with van der Waals surface area (Å²) in [5.41, 5.74) is 4.96. The van der Waals surface area contributed by atoms with E-state index in [9.17, 15) is 0 Å². The summed E-state index contributed by atoms with van der Waals surface area (Å²) in [6.07, 6.45) is 8.84. The van der Waals surface area contributed by atoms with Crippen molar-refractivity contribution in [2.24, 2.45) is 0 Å². The smallest absolute Gasteiger partial charge is 0.367 e. The molecule has 0 saturated heterocycles. The van der Waals surface area contributed by atoms with Gasteiger partial charge in [0.1, 0.15) is 0 Å². The Balaban J connectivity index is 6.05. The molecule has 0 aromatic heterocycles. The van der Waals surface area contributed by atoms with Crippen molar-refractivity contribution in [3.8, 4) is 0 Å². The van der Waals surface area contributed by atoms with Crippen LogP contribution in [0.5, 0.6) is 0 Å². The molecule has 6 heteroatoms. The van der Waals surface area contributed by atoms with Gasteiger partial charge >= 0.3 is 17.1 Å². The van der Waals surface area contributed by atoms with E-state index in [1.54, 1.807) is 0 Å². The molecule has 0 fully saturated rings. The topological polar surface area (TPSA) is 36.9 Å². The van der Waals surface area contributed by atoms with Crippen LogP contribution in [-0.4, -0.2) is 43.5 Å². The van der Waals surface area contributed by atoms with Crippen LogP contribution >= 0.6 is 0 Å². The number of hydrogen-bond donors (Lipinski definition) is 0. The van der Waals surface area contributed by atoms with Gasteiger partial charge in [-0.25, -0.2) is 0 Å². The fourth-order valence-corrected chi connectivity index (χ4v) is 11.3. The van der Waals surface area contributed by atoms with E-state index in [0.717, 1.165) is 25.7 Å². The van der Waals surface area contributed by atoms with Crippen molar-refractivity contribution in [2.75, 3.05) is 26.4 Å². The summed E-state index contributed by atoms with van der Waals surface area (Å²) >= 11 is 0. The van der Waals surface area contributed by atoms with Crippen molar-refractivity contribution in [3.05, 3.63) is 23.6 Å². The molecule has 0 aliphatic rings. The van der Waals surface area contributed by atoms with Gasteiger partial charge in [0.05, 0.1) is 0 Å². The molecule has 0 aliphatic carbocycles. The predicted molar refractivity (Wildman–Crippen MR) is 125 cm³/mol. The van der Waals surface area contributed by atoms with Crippen LogP contribution in [0, 0.1) is 0 Å². The summed E-state index contributed by atoms with van der Waals surface area (Å²) in [7, 11) is -5.11. The zero-order valence-electron chi connectivity index (χ0n) is 19.8. The second-order valence-electron chi connectivity index (χ2n) is 7.13. The largest absolute Gasteiger partial charge is 0.391 e. The van der Waals surface area contributed by atoms with Gasteiger partial charge in [-0.3, -0.25) is 0 Å². The maximum absolute atomic E-state index is 6.39. The Morgan fingerprint density at radius 1 is 0.571 bits per heavy atom. The van der Waals surface area contributed by atoms with E-state index in [-0.39, 0.29) is 11.1 Å². The number of hydrogen-bond acceptors (Lipinski definition) is 4. The van der Waals surface area contributed by atoms with E-state index >= 15 is 0 Å². The SMILES string of the molecule is CCCC=C[Si](OCC)(OCC)C(C)C(C)[Si](C=CCCC)(OCC)OCC. The highest BCUT2D eigenvalue weighted by Crippen LogP contribution is 2.43. The van der Waals surface area contributed by atoms with Crippen molar-refractivity contribution in [1.82, 2.24) is 0 Å². The first-order chi connectivity index (χ1) is 13.4. The Labute approximate surface area is 177 Å². The summed E-state index contributed by atoms with van der Waals surface area (Å²) in [4.78, 5) is 0. The van der Waals surface area contributed by atoms with Gasteiger partial charge < -0.3 is 17.7 Å². The molecule has 0 spiro atoms. The van der Waals surface area contributed by atoms with Crippen LogP contribution in [0.25, 0.3) is 0 Å². The summed E-state index contributed by atoms with van der Waals surface area (Å²) < 4.78 is 25.6. The third-order valence-corrected chi connectivity index (χ3v) is 13.3. The van der Waals surface area contributed by atoms with Gasteiger partial charge in [-0.2, -0.15) is 0 Å². The lowest BCUT2D eigenvalue weighted by Gasteiger charge is -2.41. The van der Waals surface area contributed by atoms with Gasteiger partial charge in [0.15, 0.2) is 0 Å². The van der Waals surface area contributed by atoms with Crippen molar-refractivity contribution in [2.45, 2.75) is 92.2 Å². The second-order valence-corrected chi connectivity index (χ2v) is 13.7. The minimum absolute atomic E-state index is 0.219. The average molecular weight is 431 g/mol. The summed E-state index contributed by atoms with van der Waals surface area (Å²) in [5.74, 6) is 0. The summed E-state index contributed by atoms with van der Waals surface area (Å²) in [6.45, 7) is 19.8. The molecule has 0 aromatic rings. The molecule has 0 rings (SSSR count). The van der Waals surface area contributed by atoms with Crippen LogP contribution in [-0.2, 0) is 17.7 Å². The maximum Gasteiger partial charge on any atom is 0.367 e. The first kappa shape index (κ1) is 27.8. The molecule has 0 saturated carbocycles. The van der Waals surface area contributed by atoms with Gasteiger partial charge in [-0.1, -0.05) is 52.7 Å². The van der Waals surface area contributed by atoms with Crippen molar-refractivity contribution in [1.29, 1.82) is 0 Å². The van der Waals surface area contributed by atoms with Crippen LogP contribution in [0.15, 0.2) is 23.6 Å². The monoisotopic (exact) mass is 430 g/mol. The van der Waals surface area contributed by atoms with E-state index in [1.165, 1.54) is 0 Å². The molecular weight excluding hydrogens is 384 g/mol. The molecule has 2 unspecified atom stereocenters. The van der Waals surface area contributed by atoms with Crippen LogP contribution < -0.4 is 0 Å². The van der Waals surface area contributed by atoms with Crippen molar-refractivity contribution in [3.63, 3.8) is 0 Å². The maximum atomic E-state index is 6.39. The van der Waals surface area contributed by atoms with E-state index < -0.39 is 17.1 Å². The van der Waals surface area contributed by atoms with E-state index in [1.807, 2.05) is 0 Å². The second kappa shape index (κ2) is 15.6. The van der Waals surface area contributed by atoms with Gasteiger partial charge in [0, 0.05) is 37.5 Å². The summed E-state index contributed by atoms with van der Waals surface area (Å²) in [5, 5.41) is 0. The Bertz CT molecular complexity index is 388. The molecule has 28 heavy (non-hydrogen) atoms. The standard InChI is InChI=1S/C22H46O4Si2/c1-9-15-17-19-27(23-11-3,24-12-4)21(7)22(8)28(25-13-5,26-14-6)20-18-16-10-2/h17-22H,9-16H2,1-8H3. The average Bonchev–Trinajstić information content (AvgIpc) is 2.67. The van der Waals surface area contributed by atoms with Gasteiger partial charge in [-0.05, 0) is 51.9 Å². The molecule has 0 bridgehead atoms. The molecule has 0 N–H and O–H groups in total. The molecule has 0 amide bonds. The highest BCUT2D eigenvalue weighted by atomic mass is 28.4. The van der Waals surface area contributed by atoms with Crippen LogP contribution in [0.2, 0.25) is 11.1 Å². The first-order valence-corrected chi connectivity index (χ1v) is 15.3. The molecule has 0 heterocycles. The number of allylic oxidation sites excluding steroid dienone is 2. The molecule has 0 aliphatic heterocycles. The molecule has 0 aromatic carbocycles. The lowest BCUT2D eigenvalue weighted by Crippen LogP contribution is -2.53. The van der Waals surface area contributed by atoms with Crippen molar-refractivity contribution >= 4 is 17.1 Å². The zero-order valence-corrected chi connectivity index (χ0v) is 21.8. The fourth-order valence-electron chi connectivity index (χ4n) is 3.53. The molecule has 0 radical (unpaired) electrons. The molecule has 166 valence electrons. The van der Waals surface area contributed by atoms with Crippen LogP contribution in [0.3, 0.4) is 0 Å². The summed E-state index contributed by atoms with van der Waals surface area (Å²) in [6, 6.07) is 0. The Morgan fingerprint density at radius 2 is 0.857 bits per heavy atom. The van der Waals surface area contributed by atoms with E-state index in [0.29, 0.717) is 26.4 Å². The third kappa shape index (κ3) is 8.24. The molecular formula is C22H46O4Si2. The highest BCUT2D eigenvalue weighted by molar-refractivity contribution is 6.80. The lowest BCUT2D eigenvalue weighted by molar-refractivity contribution is 0.165. The number of rotatable bonds is 17. The van der Waals surface area contributed by atoms with Crippen LogP contribution in [0.1, 0.15) is 81.1 Å². The lowest BCUT2D eigenvalue weighted by atomic mass is 10.3. The molecule has 4 nitrogen and oxygen atoms in total. The van der Waals surface area contributed by atoms with Gasteiger partial charge in [-0.15, -0.1) is 0 Å². The first-order valence-electron chi connectivity index (χ1n) is 11.3. The Hall–Kier alpha value is -0.246. The Morgan fingerprint density at radius 3 is 1.07 bits per heavy atom. The molecule has 2 atom stereocenters. The van der Waals surface area contributed by atoms with Gasteiger partial charge in [0.2, 0.25) is 0 Å². The van der Waals surface area contributed by atoms with Crippen molar-refractivity contribution < 1.29 is 17.7 Å². The minimum atomic E-state index is -2.55. The Kier molecular flexibility index (Phi) is 15.4. The minimum Gasteiger partial charge on any atom is -0.391 e. The number of unbranched alkanes of at least 4 members (excludes halogenated alkanes) is 2. The van der Waals surface area contributed by atoms with Gasteiger partial charge in [0.25, 0.3) is 0 Å². The normalized spacial score (nSPS) is 15.6. The third-order valence-electron chi connectivity index (χ3n) is 5.11.